The molecule has 1 atom stereocenters. The van der Waals surface area contributed by atoms with Gasteiger partial charge in [0.25, 0.3) is 5.78 Å². The first kappa shape index (κ1) is 11.3. The Hall–Kier alpha value is -1.68. The summed E-state index contributed by atoms with van der Waals surface area (Å²) in [4.78, 5) is 15.9. The Morgan fingerprint density at radius 1 is 1.69 bits per heavy atom. The number of carbonyl (C=O) groups excluding carboxylic acids is 1. The molecule has 0 bridgehead atoms. The number of ether oxygens (including phenoxy) is 1. The molecule has 7 nitrogen and oxygen atoms in total. The molecule has 0 fully saturated rings. The standard InChI is InChI=1S/C6H9N5O2/c1-5(6(12)4-9-7)13-3-2-10-11-8/h4-5H,2-3H2,1H3. The summed E-state index contributed by atoms with van der Waals surface area (Å²) in [6, 6.07) is 0. The van der Waals surface area contributed by atoms with E-state index in [-0.39, 0.29) is 13.2 Å². The second-order valence-corrected chi connectivity index (χ2v) is 2.11. The van der Waals surface area contributed by atoms with Gasteiger partial charge in [-0.2, -0.15) is 4.79 Å². The third-order valence-electron chi connectivity index (χ3n) is 1.21. The third kappa shape index (κ3) is 5.57. The molecule has 0 aliphatic carbocycles. The van der Waals surface area contributed by atoms with E-state index in [1.807, 2.05) is 0 Å². The second-order valence-electron chi connectivity index (χ2n) is 2.11. The number of azide groups is 1. The van der Waals surface area contributed by atoms with Crippen molar-refractivity contribution in [3.63, 3.8) is 0 Å². The highest BCUT2D eigenvalue weighted by Gasteiger charge is 2.13. The minimum Gasteiger partial charge on any atom is -0.370 e. The van der Waals surface area contributed by atoms with E-state index >= 15 is 0 Å². The van der Waals surface area contributed by atoms with Crippen molar-refractivity contribution in [2.75, 3.05) is 13.2 Å². The van der Waals surface area contributed by atoms with Crippen LogP contribution >= 0.6 is 0 Å². The topological polar surface area (TPSA) is 111 Å². The van der Waals surface area contributed by atoms with Crippen molar-refractivity contribution in [2.24, 2.45) is 5.11 Å². The van der Waals surface area contributed by atoms with Crippen LogP contribution in [-0.2, 0) is 9.53 Å². The quantitative estimate of drug-likeness (QED) is 0.197. The molecule has 0 aromatic heterocycles. The van der Waals surface area contributed by atoms with E-state index in [4.69, 9.17) is 15.8 Å². The van der Waals surface area contributed by atoms with Crippen molar-refractivity contribution in [1.82, 2.24) is 0 Å². The van der Waals surface area contributed by atoms with Gasteiger partial charge in [-0.25, -0.2) is 0 Å². The van der Waals surface area contributed by atoms with E-state index in [2.05, 4.69) is 14.8 Å². The molecule has 0 N–H and O–H groups in total. The first-order valence-corrected chi connectivity index (χ1v) is 3.56. The summed E-state index contributed by atoms with van der Waals surface area (Å²) in [5.41, 5.74) is 15.9. The van der Waals surface area contributed by atoms with Gasteiger partial charge in [-0.05, 0) is 12.5 Å². The fourth-order valence-corrected chi connectivity index (χ4v) is 0.559. The van der Waals surface area contributed by atoms with Gasteiger partial charge in [-0.15, -0.1) is 0 Å². The molecule has 13 heavy (non-hydrogen) atoms. The molecule has 0 spiro atoms. The Morgan fingerprint density at radius 3 is 2.92 bits per heavy atom. The average molecular weight is 183 g/mol. The Morgan fingerprint density at radius 2 is 2.38 bits per heavy atom. The summed E-state index contributed by atoms with van der Waals surface area (Å²) in [7, 11) is 0. The van der Waals surface area contributed by atoms with Crippen LogP contribution < -0.4 is 0 Å². The number of Topliss-reactive ketones (excluding diaryl/α,β-unsaturated/α-hetero) is 1. The molecule has 7 heteroatoms. The molecule has 0 radical (unpaired) electrons. The summed E-state index contributed by atoms with van der Waals surface area (Å²) in [6.45, 7) is 1.85. The van der Waals surface area contributed by atoms with Crippen LogP contribution in [0.3, 0.4) is 0 Å². The van der Waals surface area contributed by atoms with Gasteiger partial charge in [0.1, 0.15) is 6.10 Å². The predicted octanol–water partition coefficient (Wildman–Crippen LogP) is 0.571. The number of nitrogens with zero attached hydrogens (tertiary/aromatic N) is 5. The summed E-state index contributed by atoms with van der Waals surface area (Å²) in [5, 5.41) is 3.21. The van der Waals surface area contributed by atoms with E-state index < -0.39 is 11.9 Å². The summed E-state index contributed by atoms with van der Waals surface area (Å²) >= 11 is 0. The van der Waals surface area contributed by atoms with E-state index in [0.29, 0.717) is 0 Å². The van der Waals surface area contributed by atoms with Crippen LogP contribution in [0.4, 0.5) is 0 Å². The second kappa shape index (κ2) is 7.00. The smallest absolute Gasteiger partial charge is 0.325 e. The Labute approximate surface area is 74.6 Å². The molecule has 0 heterocycles. The molecule has 0 saturated heterocycles. The maximum absolute atomic E-state index is 10.9. The third-order valence-corrected chi connectivity index (χ3v) is 1.21. The lowest BCUT2D eigenvalue weighted by atomic mass is 10.3. The molecule has 0 aliphatic rings. The lowest BCUT2D eigenvalue weighted by Gasteiger charge is -2.04. The molecular formula is C6H9N5O2. The molecule has 0 rings (SSSR count). The van der Waals surface area contributed by atoms with Crippen LogP contribution in [0.1, 0.15) is 6.92 Å². The highest BCUT2D eigenvalue weighted by atomic mass is 16.5. The molecule has 0 aliphatic heterocycles. The largest absolute Gasteiger partial charge is 0.370 e. The van der Waals surface area contributed by atoms with Crippen LogP contribution in [0.25, 0.3) is 16.0 Å². The average Bonchev–Trinajstić information content (AvgIpc) is 2.12. The molecule has 0 amide bonds. The van der Waals surface area contributed by atoms with Crippen molar-refractivity contribution in [3.05, 3.63) is 16.0 Å². The van der Waals surface area contributed by atoms with Gasteiger partial charge >= 0.3 is 6.21 Å². The van der Waals surface area contributed by atoms with Crippen molar-refractivity contribution in [3.8, 4) is 0 Å². The number of rotatable bonds is 6. The lowest BCUT2D eigenvalue weighted by Crippen LogP contribution is -2.23. The summed E-state index contributed by atoms with van der Waals surface area (Å²) in [5.74, 6) is -0.441. The van der Waals surface area contributed by atoms with Gasteiger partial charge in [-0.3, -0.25) is 4.79 Å². The van der Waals surface area contributed by atoms with Crippen LogP contribution in [0.15, 0.2) is 5.11 Å². The molecule has 0 aromatic rings. The fourth-order valence-electron chi connectivity index (χ4n) is 0.559. The summed E-state index contributed by atoms with van der Waals surface area (Å²) in [6.07, 6.45) is 0.0721. The van der Waals surface area contributed by atoms with Gasteiger partial charge in [0.05, 0.1) is 6.61 Å². The fraction of sp³-hybridized carbons (Fsp3) is 0.667. The molecule has 0 aromatic carbocycles. The maximum atomic E-state index is 10.9. The molecule has 1 unspecified atom stereocenters. The monoisotopic (exact) mass is 183 g/mol. The van der Waals surface area contributed by atoms with E-state index in [0.717, 1.165) is 6.21 Å². The van der Waals surface area contributed by atoms with Crippen molar-refractivity contribution in [1.29, 1.82) is 0 Å². The zero-order chi connectivity index (χ0) is 10.1. The Bertz CT molecular complexity index is 264. The first-order chi connectivity index (χ1) is 6.22. The van der Waals surface area contributed by atoms with Crippen molar-refractivity contribution >= 4 is 12.0 Å². The van der Waals surface area contributed by atoms with Crippen LogP contribution in [-0.4, -0.2) is 36.0 Å². The molecular weight excluding hydrogens is 174 g/mol. The normalized spacial score (nSPS) is 10.8. The minimum absolute atomic E-state index is 0.163. The zero-order valence-corrected chi connectivity index (χ0v) is 7.12. The Kier molecular flexibility index (Phi) is 6.09. The number of hydrogen-bond donors (Lipinski definition) is 0. The highest BCUT2D eigenvalue weighted by molar-refractivity contribution is 6.27. The molecule has 0 saturated carbocycles. The molecule has 70 valence electrons. The van der Waals surface area contributed by atoms with Crippen LogP contribution in [0.2, 0.25) is 0 Å². The van der Waals surface area contributed by atoms with Crippen LogP contribution in [0, 0.1) is 0 Å². The van der Waals surface area contributed by atoms with Gasteiger partial charge in [0.15, 0.2) is 0 Å². The van der Waals surface area contributed by atoms with E-state index in [9.17, 15) is 4.79 Å². The van der Waals surface area contributed by atoms with Crippen LogP contribution in [0.5, 0.6) is 0 Å². The van der Waals surface area contributed by atoms with Crippen molar-refractivity contribution in [2.45, 2.75) is 13.0 Å². The predicted molar refractivity (Wildman–Crippen MR) is 44.1 cm³/mol. The summed E-state index contributed by atoms with van der Waals surface area (Å²) < 4.78 is 4.94. The first-order valence-electron chi connectivity index (χ1n) is 3.56. The lowest BCUT2D eigenvalue weighted by molar-refractivity contribution is -0.125. The van der Waals surface area contributed by atoms with E-state index in [1.165, 1.54) is 6.92 Å². The maximum Gasteiger partial charge on any atom is 0.325 e. The van der Waals surface area contributed by atoms with Gasteiger partial charge in [-0.1, -0.05) is 5.11 Å². The zero-order valence-electron chi connectivity index (χ0n) is 7.12. The Balaban J connectivity index is 3.73. The van der Waals surface area contributed by atoms with E-state index in [1.54, 1.807) is 0 Å². The van der Waals surface area contributed by atoms with Crippen molar-refractivity contribution < 1.29 is 14.3 Å². The van der Waals surface area contributed by atoms with Gasteiger partial charge in [0, 0.05) is 11.5 Å². The SMILES string of the molecule is CC(OCCN=[N+]=[N-])C(=O)C=[N+]=[N-]. The highest BCUT2D eigenvalue weighted by Crippen LogP contribution is 1.90. The number of hydrogen-bond acceptors (Lipinski definition) is 3. The number of ketones is 1. The van der Waals surface area contributed by atoms with Gasteiger partial charge in [0.2, 0.25) is 0 Å². The number of carbonyl (C=O) groups is 1. The van der Waals surface area contributed by atoms with Gasteiger partial charge < -0.3 is 10.3 Å². The minimum atomic E-state index is -0.690.